The van der Waals surface area contributed by atoms with Crippen LogP contribution in [0.25, 0.3) is 0 Å². The molecular formula is C17H15BrF3NO5S. The van der Waals surface area contributed by atoms with Gasteiger partial charge in [0.05, 0.1) is 30.7 Å². The summed E-state index contributed by atoms with van der Waals surface area (Å²) in [5, 5.41) is 0. The van der Waals surface area contributed by atoms with Crippen molar-refractivity contribution < 1.29 is 35.9 Å². The van der Waals surface area contributed by atoms with E-state index < -0.39 is 33.9 Å². The lowest BCUT2D eigenvalue weighted by Gasteiger charge is -2.25. The zero-order valence-corrected chi connectivity index (χ0v) is 16.8. The van der Waals surface area contributed by atoms with E-state index in [1.54, 1.807) is 12.1 Å². The Bertz CT molecular complexity index is 933. The molecule has 2 aromatic carbocycles. The first-order valence-corrected chi connectivity index (χ1v) is 10.1. The number of esters is 1. The van der Waals surface area contributed by atoms with Crippen LogP contribution < -0.4 is 9.04 Å². The number of sulfonamides is 1. The maximum Gasteiger partial charge on any atom is 0.573 e. The highest BCUT2D eigenvalue weighted by atomic mass is 79.9. The Morgan fingerprint density at radius 3 is 2.29 bits per heavy atom. The van der Waals surface area contributed by atoms with Gasteiger partial charge in [0.25, 0.3) is 0 Å². The highest BCUT2D eigenvalue weighted by Crippen LogP contribution is 2.33. The standard InChI is InChI=1S/C17H15BrF3NO5S/c1-26-16(23)9-10-28(24,25)22(14-4-2-3-12(18)11-14)13-5-7-15(8-6-13)27-17(19,20)21/h2-8,11H,9-10H2,1H3. The van der Waals surface area contributed by atoms with Crippen LogP contribution in [-0.4, -0.2) is 33.6 Å². The number of alkyl halides is 3. The van der Waals surface area contributed by atoms with Gasteiger partial charge in [-0.3, -0.25) is 4.79 Å². The monoisotopic (exact) mass is 481 g/mol. The number of hydrogen-bond acceptors (Lipinski definition) is 5. The summed E-state index contributed by atoms with van der Waals surface area (Å²) in [5.41, 5.74) is 0.321. The maximum absolute atomic E-state index is 12.9. The Hall–Kier alpha value is -2.27. The Balaban J connectivity index is 2.43. The summed E-state index contributed by atoms with van der Waals surface area (Å²) in [7, 11) is -2.91. The van der Waals surface area contributed by atoms with Gasteiger partial charge in [-0.1, -0.05) is 22.0 Å². The third-order valence-corrected chi connectivity index (χ3v) is 5.61. The van der Waals surface area contributed by atoms with Crippen LogP contribution in [0.4, 0.5) is 24.5 Å². The molecular weight excluding hydrogens is 467 g/mol. The molecule has 0 bridgehead atoms. The first-order chi connectivity index (χ1) is 13.0. The summed E-state index contributed by atoms with van der Waals surface area (Å²) < 4.78 is 72.5. The third kappa shape index (κ3) is 6.13. The van der Waals surface area contributed by atoms with E-state index >= 15 is 0 Å². The minimum atomic E-state index is -4.86. The molecule has 0 fully saturated rings. The SMILES string of the molecule is COC(=O)CCS(=O)(=O)N(c1ccc(OC(F)(F)F)cc1)c1cccc(Br)c1. The van der Waals surface area contributed by atoms with Gasteiger partial charge in [-0.2, -0.15) is 0 Å². The highest BCUT2D eigenvalue weighted by molar-refractivity contribution is 9.10. The van der Waals surface area contributed by atoms with Gasteiger partial charge in [0.15, 0.2) is 0 Å². The number of methoxy groups -OCH3 is 1. The number of hydrogen-bond donors (Lipinski definition) is 0. The predicted molar refractivity (Wildman–Crippen MR) is 99.8 cm³/mol. The van der Waals surface area contributed by atoms with Gasteiger partial charge in [0.2, 0.25) is 10.0 Å². The van der Waals surface area contributed by atoms with Crippen molar-refractivity contribution in [1.82, 2.24) is 0 Å². The van der Waals surface area contributed by atoms with Gasteiger partial charge >= 0.3 is 12.3 Å². The van der Waals surface area contributed by atoms with Crippen molar-refractivity contribution in [1.29, 1.82) is 0 Å². The van der Waals surface area contributed by atoms with Crippen molar-refractivity contribution in [2.45, 2.75) is 12.8 Å². The summed E-state index contributed by atoms with van der Waals surface area (Å²) in [6.07, 6.45) is -5.24. The maximum atomic E-state index is 12.9. The first-order valence-electron chi connectivity index (χ1n) is 7.73. The van der Waals surface area contributed by atoms with E-state index in [9.17, 15) is 26.4 Å². The minimum absolute atomic E-state index is 0.0810. The quantitative estimate of drug-likeness (QED) is 0.548. The zero-order valence-electron chi connectivity index (χ0n) is 14.4. The second-order valence-corrected chi connectivity index (χ2v) is 8.28. The van der Waals surface area contributed by atoms with Crippen molar-refractivity contribution >= 4 is 43.3 Å². The van der Waals surface area contributed by atoms with Gasteiger partial charge in [-0.25, -0.2) is 12.7 Å². The normalized spacial score (nSPS) is 11.8. The molecule has 0 aliphatic rings. The Morgan fingerprint density at radius 2 is 1.75 bits per heavy atom. The van der Waals surface area contributed by atoms with Crippen LogP contribution in [0.15, 0.2) is 53.0 Å². The lowest BCUT2D eigenvalue weighted by Crippen LogP contribution is -2.30. The van der Waals surface area contributed by atoms with Gasteiger partial charge in [-0.05, 0) is 42.5 Å². The number of carbonyl (C=O) groups excluding carboxylic acids is 1. The molecule has 0 saturated carbocycles. The molecule has 0 saturated heterocycles. The number of ether oxygens (including phenoxy) is 2. The number of carbonyl (C=O) groups is 1. The molecule has 11 heteroatoms. The molecule has 0 aromatic heterocycles. The fourth-order valence-corrected chi connectivity index (χ4v) is 4.13. The van der Waals surface area contributed by atoms with E-state index in [4.69, 9.17) is 0 Å². The second-order valence-electron chi connectivity index (χ2n) is 5.43. The van der Waals surface area contributed by atoms with Crippen molar-refractivity contribution in [2.75, 3.05) is 17.2 Å². The Labute approximate surface area is 168 Å². The van der Waals surface area contributed by atoms with Crippen molar-refractivity contribution in [3.63, 3.8) is 0 Å². The van der Waals surface area contributed by atoms with Crippen molar-refractivity contribution in [3.8, 4) is 5.75 Å². The van der Waals surface area contributed by atoms with E-state index in [-0.39, 0.29) is 17.8 Å². The lowest BCUT2D eigenvalue weighted by atomic mass is 10.2. The molecule has 0 N–H and O–H groups in total. The van der Waals surface area contributed by atoms with E-state index in [2.05, 4.69) is 25.4 Å². The van der Waals surface area contributed by atoms with Gasteiger partial charge in [0.1, 0.15) is 5.75 Å². The average Bonchev–Trinajstić information content (AvgIpc) is 2.60. The van der Waals surface area contributed by atoms with Crippen LogP contribution in [0.5, 0.6) is 5.75 Å². The fourth-order valence-electron chi connectivity index (χ4n) is 2.26. The summed E-state index contributed by atoms with van der Waals surface area (Å²) in [5.74, 6) is -1.74. The number of halogens is 4. The Kier molecular flexibility index (Phi) is 6.94. The number of benzene rings is 2. The minimum Gasteiger partial charge on any atom is -0.469 e. The van der Waals surface area contributed by atoms with Crippen LogP contribution >= 0.6 is 15.9 Å². The fraction of sp³-hybridized carbons (Fsp3) is 0.235. The summed E-state index contributed by atoms with van der Waals surface area (Å²) in [6, 6.07) is 10.7. The largest absolute Gasteiger partial charge is 0.573 e. The molecule has 0 spiro atoms. The van der Waals surface area contributed by atoms with Gasteiger partial charge in [0, 0.05) is 4.47 Å². The van der Waals surface area contributed by atoms with E-state index in [0.29, 0.717) is 4.47 Å². The second kappa shape index (κ2) is 8.82. The number of anilines is 2. The Morgan fingerprint density at radius 1 is 1.11 bits per heavy atom. The smallest absolute Gasteiger partial charge is 0.469 e. The molecule has 6 nitrogen and oxygen atoms in total. The van der Waals surface area contributed by atoms with E-state index in [0.717, 1.165) is 23.5 Å². The predicted octanol–water partition coefficient (Wildman–Crippen LogP) is 4.38. The van der Waals surface area contributed by atoms with Crippen LogP contribution in [-0.2, 0) is 19.6 Å². The first kappa shape index (κ1) is 22.0. The molecule has 0 aliphatic heterocycles. The zero-order chi connectivity index (χ0) is 20.9. The van der Waals surface area contributed by atoms with E-state index in [1.807, 2.05) is 0 Å². The van der Waals surface area contributed by atoms with E-state index in [1.165, 1.54) is 24.3 Å². The molecule has 2 aromatic rings. The molecule has 0 amide bonds. The summed E-state index contributed by atoms with van der Waals surface area (Å²) in [6.45, 7) is 0. The van der Waals surface area contributed by atoms with Crippen molar-refractivity contribution in [2.24, 2.45) is 0 Å². The third-order valence-electron chi connectivity index (χ3n) is 3.42. The summed E-state index contributed by atoms with van der Waals surface area (Å²) >= 11 is 3.25. The molecule has 0 heterocycles. The highest BCUT2D eigenvalue weighted by Gasteiger charge is 2.31. The molecule has 28 heavy (non-hydrogen) atoms. The van der Waals surface area contributed by atoms with Gasteiger partial charge < -0.3 is 9.47 Å². The van der Waals surface area contributed by atoms with Crippen LogP contribution in [0.2, 0.25) is 0 Å². The van der Waals surface area contributed by atoms with Crippen LogP contribution in [0.1, 0.15) is 6.42 Å². The molecule has 0 aliphatic carbocycles. The topological polar surface area (TPSA) is 72.9 Å². The molecule has 152 valence electrons. The number of nitrogens with zero attached hydrogens (tertiary/aromatic N) is 1. The van der Waals surface area contributed by atoms with Crippen LogP contribution in [0.3, 0.4) is 0 Å². The molecule has 0 atom stereocenters. The molecule has 0 radical (unpaired) electrons. The number of rotatable bonds is 7. The van der Waals surface area contributed by atoms with Gasteiger partial charge in [-0.15, -0.1) is 13.2 Å². The van der Waals surface area contributed by atoms with Crippen LogP contribution in [0, 0.1) is 0 Å². The summed E-state index contributed by atoms with van der Waals surface area (Å²) in [4.78, 5) is 11.3. The van der Waals surface area contributed by atoms with Crippen molar-refractivity contribution in [3.05, 3.63) is 53.0 Å². The lowest BCUT2D eigenvalue weighted by molar-refractivity contribution is -0.274. The molecule has 2 rings (SSSR count). The molecule has 0 unspecified atom stereocenters. The average molecular weight is 482 g/mol.